The van der Waals surface area contributed by atoms with Crippen LogP contribution in [0.25, 0.3) is 0 Å². The van der Waals surface area contributed by atoms with Gasteiger partial charge in [0.15, 0.2) is 0 Å². The zero-order chi connectivity index (χ0) is 8.43. The summed E-state index contributed by atoms with van der Waals surface area (Å²) in [6.45, 7) is 2.56. The van der Waals surface area contributed by atoms with Crippen LogP contribution in [0.1, 0.15) is 6.92 Å². The van der Waals surface area contributed by atoms with E-state index in [1.807, 2.05) is 11.9 Å². The molecule has 1 aliphatic rings. The van der Waals surface area contributed by atoms with Crippen LogP contribution in [0.4, 0.5) is 0 Å². The van der Waals surface area contributed by atoms with Crippen molar-refractivity contribution in [3.63, 3.8) is 0 Å². The SMILES string of the molecule is CC(=O)OC1CN(C)CC1O. The number of hydrogen-bond donors (Lipinski definition) is 1. The topological polar surface area (TPSA) is 49.8 Å². The zero-order valence-corrected chi connectivity index (χ0v) is 6.78. The highest BCUT2D eigenvalue weighted by molar-refractivity contribution is 5.66. The smallest absolute Gasteiger partial charge is 0.303 e. The molecule has 0 saturated carbocycles. The summed E-state index contributed by atoms with van der Waals surface area (Å²) in [5.41, 5.74) is 0. The quantitative estimate of drug-likeness (QED) is 0.510. The van der Waals surface area contributed by atoms with Crippen molar-refractivity contribution in [2.45, 2.75) is 19.1 Å². The van der Waals surface area contributed by atoms with Crippen molar-refractivity contribution in [3.05, 3.63) is 0 Å². The van der Waals surface area contributed by atoms with Crippen LogP contribution >= 0.6 is 0 Å². The lowest BCUT2D eigenvalue weighted by molar-refractivity contribution is -0.149. The van der Waals surface area contributed by atoms with Gasteiger partial charge in [0.2, 0.25) is 0 Å². The van der Waals surface area contributed by atoms with Crippen molar-refractivity contribution in [2.24, 2.45) is 0 Å². The summed E-state index contributed by atoms with van der Waals surface area (Å²) >= 11 is 0. The molecule has 0 bridgehead atoms. The predicted molar refractivity (Wildman–Crippen MR) is 39.1 cm³/mol. The van der Waals surface area contributed by atoms with Crippen LogP contribution < -0.4 is 0 Å². The van der Waals surface area contributed by atoms with Crippen LogP contribution in [0, 0.1) is 0 Å². The van der Waals surface area contributed by atoms with Gasteiger partial charge < -0.3 is 9.84 Å². The molecule has 1 heterocycles. The summed E-state index contributed by atoms with van der Waals surface area (Å²) < 4.78 is 4.86. The largest absolute Gasteiger partial charge is 0.458 e. The molecule has 1 fully saturated rings. The molecular formula is C7H13NO3. The summed E-state index contributed by atoms with van der Waals surface area (Å²) in [5.74, 6) is -0.329. The third-order valence-corrected chi connectivity index (χ3v) is 1.74. The highest BCUT2D eigenvalue weighted by atomic mass is 16.6. The summed E-state index contributed by atoms with van der Waals surface area (Å²) in [6.07, 6.45) is -0.860. The van der Waals surface area contributed by atoms with Crippen LogP contribution in [0.15, 0.2) is 0 Å². The molecule has 0 aromatic rings. The van der Waals surface area contributed by atoms with Crippen molar-refractivity contribution in [1.29, 1.82) is 0 Å². The van der Waals surface area contributed by atoms with Gasteiger partial charge >= 0.3 is 5.97 Å². The molecule has 0 amide bonds. The van der Waals surface area contributed by atoms with Gasteiger partial charge in [-0.1, -0.05) is 0 Å². The minimum atomic E-state index is -0.524. The lowest BCUT2D eigenvalue weighted by atomic mass is 10.3. The number of nitrogens with zero attached hydrogens (tertiary/aromatic N) is 1. The Balaban J connectivity index is 2.40. The molecule has 0 aromatic heterocycles. The predicted octanol–water partition coefficient (Wildman–Crippen LogP) is -0.776. The highest BCUT2D eigenvalue weighted by Gasteiger charge is 2.31. The van der Waals surface area contributed by atoms with E-state index in [0.29, 0.717) is 13.1 Å². The van der Waals surface area contributed by atoms with Gasteiger partial charge in [0, 0.05) is 20.0 Å². The van der Waals surface area contributed by atoms with Gasteiger partial charge in [-0.05, 0) is 7.05 Å². The molecule has 11 heavy (non-hydrogen) atoms. The van der Waals surface area contributed by atoms with Gasteiger partial charge in [0.05, 0.1) is 0 Å². The monoisotopic (exact) mass is 159 g/mol. The lowest BCUT2D eigenvalue weighted by Crippen LogP contribution is -2.28. The molecule has 1 saturated heterocycles. The minimum absolute atomic E-state index is 0.329. The number of carbonyl (C=O) groups is 1. The normalized spacial score (nSPS) is 32.3. The molecule has 1 rings (SSSR count). The van der Waals surface area contributed by atoms with E-state index >= 15 is 0 Å². The van der Waals surface area contributed by atoms with Crippen LogP contribution in [0.3, 0.4) is 0 Å². The number of rotatable bonds is 1. The summed E-state index contributed by atoms with van der Waals surface area (Å²) in [4.78, 5) is 12.4. The molecule has 0 spiro atoms. The van der Waals surface area contributed by atoms with E-state index in [9.17, 15) is 9.90 Å². The first-order valence-electron chi connectivity index (χ1n) is 3.63. The van der Waals surface area contributed by atoms with E-state index in [4.69, 9.17) is 4.74 Å². The number of carbonyl (C=O) groups excluding carboxylic acids is 1. The Hall–Kier alpha value is -0.610. The fraction of sp³-hybridized carbons (Fsp3) is 0.857. The van der Waals surface area contributed by atoms with Crippen molar-refractivity contribution in [2.75, 3.05) is 20.1 Å². The van der Waals surface area contributed by atoms with E-state index in [2.05, 4.69) is 0 Å². The molecule has 1 N–H and O–H groups in total. The minimum Gasteiger partial charge on any atom is -0.458 e. The molecule has 2 unspecified atom stereocenters. The summed E-state index contributed by atoms with van der Waals surface area (Å²) in [5, 5.41) is 9.29. The van der Waals surface area contributed by atoms with E-state index in [1.165, 1.54) is 6.92 Å². The third kappa shape index (κ3) is 2.17. The number of ether oxygens (including phenoxy) is 1. The number of aliphatic hydroxyl groups excluding tert-OH is 1. The van der Waals surface area contributed by atoms with Crippen molar-refractivity contribution >= 4 is 5.97 Å². The molecule has 0 radical (unpaired) electrons. The van der Waals surface area contributed by atoms with Gasteiger partial charge in [-0.25, -0.2) is 0 Å². The first-order chi connectivity index (χ1) is 5.09. The molecule has 0 aromatic carbocycles. The highest BCUT2D eigenvalue weighted by Crippen LogP contribution is 2.11. The Morgan fingerprint density at radius 3 is 2.64 bits per heavy atom. The average molecular weight is 159 g/mol. The molecule has 64 valence electrons. The second-order valence-corrected chi connectivity index (χ2v) is 2.94. The van der Waals surface area contributed by atoms with E-state index in [-0.39, 0.29) is 12.1 Å². The second-order valence-electron chi connectivity index (χ2n) is 2.94. The van der Waals surface area contributed by atoms with Crippen molar-refractivity contribution in [3.8, 4) is 0 Å². The second kappa shape index (κ2) is 3.19. The Labute approximate surface area is 65.8 Å². The number of β-amino-alcohol motifs (C(OH)–C–C–N with tert-alkyl or cyclic N) is 1. The van der Waals surface area contributed by atoms with Gasteiger partial charge in [0.25, 0.3) is 0 Å². The van der Waals surface area contributed by atoms with Crippen LogP contribution in [0.5, 0.6) is 0 Å². The summed E-state index contributed by atoms with van der Waals surface area (Å²) in [6, 6.07) is 0. The molecule has 0 aliphatic carbocycles. The van der Waals surface area contributed by atoms with E-state index in [1.54, 1.807) is 0 Å². The fourth-order valence-electron chi connectivity index (χ4n) is 1.27. The molecule has 4 nitrogen and oxygen atoms in total. The number of hydrogen-bond acceptors (Lipinski definition) is 4. The van der Waals surface area contributed by atoms with Crippen LogP contribution in [-0.2, 0) is 9.53 Å². The van der Waals surface area contributed by atoms with Gasteiger partial charge in [0.1, 0.15) is 12.2 Å². The Bertz CT molecular complexity index is 160. The van der Waals surface area contributed by atoms with E-state index in [0.717, 1.165) is 0 Å². The Morgan fingerprint density at radius 2 is 2.27 bits per heavy atom. The van der Waals surface area contributed by atoms with Gasteiger partial charge in [-0.15, -0.1) is 0 Å². The third-order valence-electron chi connectivity index (χ3n) is 1.74. The molecule has 2 atom stereocenters. The maximum absolute atomic E-state index is 10.5. The molecule has 1 aliphatic heterocycles. The lowest BCUT2D eigenvalue weighted by Gasteiger charge is -2.12. The maximum Gasteiger partial charge on any atom is 0.303 e. The van der Waals surface area contributed by atoms with Gasteiger partial charge in [-0.2, -0.15) is 0 Å². The Kier molecular flexibility index (Phi) is 2.46. The number of likely N-dealkylation sites (tertiary alicyclic amines) is 1. The van der Waals surface area contributed by atoms with Crippen molar-refractivity contribution in [1.82, 2.24) is 4.90 Å². The van der Waals surface area contributed by atoms with Crippen LogP contribution in [0.2, 0.25) is 0 Å². The number of likely N-dealkylation sites (N-methyl/N-ethyl adjacent to an activating group) is 1. The first-order valence-corrected chi connectivity index (χ1v) is 3.63. The molecular weight excluding hydrogens is 146 g/mol. The number of aliphatic hydroxyl groups is 1. The standard InChI is InChI=1S/C7H13NO3/c1-5(9)11-7-4-8(2)3-6(7)10/h6-7,10H,3-4H2,1-2H3. The van der Waals surface area contributed by atoms with Gasteiger partial charge in [-0.3, -0.25) is 9.69 Å². The molecule has 4 heteroatoms. The van der Waals surface area contributed by atoms with Crippen LogP contribution in [-0.4, -0.2) is 48.3 Å². The first kappa shape index (κ1) is 8.49. The van der Waals surface area contributed by atoms with Crippen molar-refractivity contribution < 1.29 is 14.6 Å². The zero-order valence-electron chi connectivity index (χ0n) is 6.78. The summed E-state index contributed by atoms with van der Waals surface area (Å²) in [7, 11) is 1.88. The fourth-order valence-corrected chi connectivity index (χ4v) is 1.27. The Morgan fingerprint density at radius 1 is 1.64 bits per heavy atom. The number of esters is 1. The maximum atomic E-state index is 10.5. The average Bonchev–Trinajstić information content (AvgIpc) is 2.09. The van der Waals surface area contributed by atoms with E-state index < -0.39 is 6.10 Å².